The van der Waals surface area contributed by atoms with E-state index in [0.717, 1.165) is 12.1 Å². The van der Waals surface area contributed by atoms with Crippen LogP contribution in [0, 0.1) is 23.3 Å². The lowest BCUT2D eigenvalue weighted by Crippen LogP contribution is -2.12. The van der Waals surface area contributed by atoms with Crippen molar-refractivity contribution in [2.75, 3.05) is 0 Å². The third kappa shape index (κ3) is 5.11. The molecule has 8 heteroatoms. The molecule has 0 aliphatic rings. The van der Waals surface area contributed by atoms with E-state index in [0.29, 0.717) is 25.0 Å². The highest BCUT2D eigenvalue weighted by molar-refractivity contribution is 5.59. The summed E-state index contributed by atoms with van der Waals surface area (Å²) in [4.78, 5) is 0. The zero-order valence-corrected chi connectivity index (χ0v) is 14.7. The van der Waals surface area contributed by atoms with Crippen molar-refractivity contribution >= 4 is 5.83 Å². The third-order valence-corrected chi connectivity index (χ3v) is 4.08. The van der Waals surface area contributed by atoms with E-state index in [-0.39, 0.29) is 24.0 Å². The van der Waals surface area contributed by atoms with Gasteiger partial charge in [0.05, 0.1) is 0 Å². The van der Waals surface area contributed by atoms with Gasteiger partial charge < -0.3 is 0 Å². The number of hydrogen-bond donors (Lipinski definition) is 0. The maximum absolute atomic E-state index is 14.1. The summed E-state index contributed by atoms with van der Waals surface area (Å²) in [5, 5.41) is 0. The average Bonchev–Trinajstić information content (AvgIpc) is 2.56. The number of unbranched alkanes of at least 4 members (excludes halogenated alkanes) is 1. The quantitative estimate of drug-likeness (QED) is 0.445. The van der Waals surface area contributed by atoms with E-state index in [1.165, 1.54) is 6.08 Å². The van der Waals surface area contributed by atoms with Crippen LogP contribution >= 0.6 is 0 Å². The summed E-state index contributed by atoms with van der Waals surface area (Å²) >= 11 is 0. The molecule has 2 aromatic rings. The molecule has 0 nitrogen and oxygen atoms in total. The second kappa shape index (κ2) is 8.75. The fourth-order valence-electron chi connectivity index (χ4n) is 2.68. The Labute approximate surface area is 156 Å². The van der Waals surface area contributed by atoms with Gasteiger partial charge in [-0.3, -0.25) is 0 Å². The summed E-state index contributed by atoms with van der Waals surface area (Å²) in [6.07, 6.45) is -3.65. The van der Waals surface area contributed by atoms with Crippen molar-refractivity contribution in [2.24, 2.45) is 0 Å². The largest absolute Gasteiger partial charge is 0.422 e. The highest BCUT2D eigenvalue weighted by Gasteiger charge is 2.37. The summed E-state index contributed by atoms with van der Waals surface area (Å²) in [6.45, 7) is 1.81. The predicted molar refractivity (Wildman–Crippen MR) is 89.1 cm³/mol. The fraction of sp³-hybridized carbons (Fsp3) is 0.300. The number of allylic oxidation sites excluding steroid dienone is 1. The highest BCUT2D eigenvalue weighted by atomic mass is 19.4. The molecule has 0 spiro atoms. The number of rotatable bonds is 6. The molecule has 0 fully saturated rings. The molecular weight excluding hydrogens is 392 g/mol. The van der Waals surface area contributed by atoms with E-state index >= 15 is 0 Å². The lowest BCUT2D eigenvalue weighted by Gasteiger charge is -2.12. The van der Waals surface area contributed by atoms with Gasteiger partial charge >= 0.3 is 6.18 Å². The molecule has 2 aromatic carbocycles. The number of hydrogen-bond acceptors (Lipinski definition) is 0. The zero-order valence-electron chi connectivity index (χ0n) is 14.7. The molecule has 0 radical (unpaired) electrons. The van der Waals surface area contributed by atoms with Crippen molar-refractivity contribution in [3.63, 3.8) is 0 Å². The minimum Gasteiger partial charge on any atom is -0.207 e. The predicted octanol–water partition coefficient (Wildman–Crippen LogP) is 7.16. The zero-order chi connectivity index (χ0) is 21.1. The van der Waals surface area contributed by atoms with Crippen LogP contribution in [-0.2, 0) is 19.0 Å². The van der Waals surface area contributed by atoms with Crippen molar-refractivity contribution in [3.8, 4) is 0 Å². The molecule has 0 saturated heterocycles. The first-order valence-corrected chi connectivity index (χ1v) is 8.43. The monoisotopic (exact) mass is 408 g/mol. The van der Waals surface area contributed by atoms with Gasteiger partial charge in [-0.2, -0.15) is 13.2 Å². The Morgan fingerprint density at radius 3 is 1.86 bits per heavy atom. The Balaban J connectivity index is 2.24. The van der Waals surface area contributed by atoms with Crippen LogP contribution in [0.1, 0.15) is 42.0 Å². The maximum atomic E-state index is 14.1. The van der Waals surface area contributed by atoms with Crippen molar-refractivity contribution in [2.45, 2.75) is 38.8 Å². The first-order chi connectivity index (χ1) is 13.0. The molecule has 0 amide bonds. The first-order valence-electron chi connectivity index (χ1n) is 8.43. The van der Waals surface area contributed by atoms with Crippen LogP contribution in [0.5, 0.6) is 0 Å². The summed E-state index contributed by atoms with van der Waals surface area (Å²) in [5.74, 6) is -6.49. The van der Waals surface area contributed by atoms with Crippen LogP contribution in [0.4, 0.5) is 35.1 Å². The van der Waals surface area contributed by atoms with Gasteiger partial charge in [0.1, 0.15) is 34.7 Å². The Kier molecular flexibility index (Phi) is 6.85. The number of aryl methyl sites for hydroxylation is 1. The molecule has 0 atom stereocenters. The molecule has 0 heterocycles. The first kappa shape index (κ1) is 21.9. The van der Waals surface area contributed by atoms with Crippen LogP contribution in [0.15, 0.2) is 30.3 Å². The van der Waals surface area contributed by atoms with Gasteiger partial charge in [-0.15, -0.1) is 0 Å². The van der Waals surface area contributed by atoms with E-state index in [2.05, 4.69) is 0 Å². The van der Waals surface area contributed by atoms with Crippen LogP contribution in [0.3, 0.4) is 0 Å². The van der Waals surface area contributed by atoms with E-state index in [4.69, 9.17) is 0 Å². The van der Waals surface area contributed by atoms with Crippen LogP contribution in [-0.4, -0.2) is 0 Å². The minimum absolute atomic E-state index is 0.195. The van der Waals surface area contributed by atoms with E-state index in [1.807, 2.05) is 0 Å². The average molecular weight is 408 g/mol. The van der Waals surface area contributed by atoms with Crippen molar-refractivity contribution in [1.29, 1.82) is 0 Å². The molecule has 0 aromatic heterocycles. The maximum Gasteiger partial charge on any atom is 0.422 e. The smallest absolute Gasteiger partial charge is 0.207 e. The van der Waals surface area contributed by atoms with Gasteiger partial charge in [-0.1, -0.05) is 13.3 Å². The molecule has 28 heavy (non-hydrogen) atoms. The van der Waals surface area contributed by atoms with Gasteiger partial charge in [0.15, 0.2) is 0 Å². The lowest BCUT2D eigenvalue weighted by molar-refractivity contribution is -0.142. The summed E-state index contributed by atoms with van der Waals surface area (Å²) in [6, 6.07) is 2.55. The van der Waals surface area contributed by atoms with Crippen molar-refractivity contribution in [3.05, 3.63) is 75.9 Å². The molecule has 0 N–H and O–H groups in total. The standard InChI is InChI=1S/C20H16F8/c1-2-3-4-14(21)12-9-15(22)13(16(23)10-12)6-5-11-7-17(24)19(18(25)8-11)20(26,27)28/h4,7-10H,2-3,5-6H2,1H3. The normalized spacial score (nSPS) is 12.5. The van der Waals surface area contributed by atoms with Crippen LogP contribution in [0.2, 0.25) is 0 Å². The van der Waals surface area contributed by atoms with Gasteiger partial charge in [0, 0.05) is 11.1 Å². The van der Waals surface area contributed by atoms with Gasteiger partial charge in [0.25, 0.3) is 0 Å². The minimum atomic E-state index is -5.20. The second-order valence-corrected chi connectivity index (χ2v) is 6.19. The molecule has 0 aliphatic heterocycles. The fourth-order valence-corrected chi connectivity index (χ4v) is 2.68. The number of benzene rings is 2. The van der Waals surface area contributed by atoms with E-state index < -0.39 is 46.4 Å². The summed E-state index contributed by atoms with van der Waals surface area (Å²) < 4.78 is 107. The Morgan fingerprint density at radius 2 is 1.39 bits per heavy atom. The molecule has 0 bridgehead atoms. The SMILES string of the molecule is CCCC=C(F)c1cc(F)c(CCc2cc(F)c(C(F)(F)F)c(F)c2)c(F)c1. The summed E-state index contributed by atoms with van der Waals surface area (Å²) in [5.41, 5.74) is -2.95. The molecule has 2 rings (SSSR count). The molecule has 0 unspecified atom stereocenters. The Hall–Kier alpha value is -2.38. The lowest BCUT2D eigenvalue weighted by atomic mass is 10.00. The van der Waals surface area contributed by atoms with Crippen LogP contribution in [0.25, 0.3) is 5.83 Å². The molecule has 0 aliphatic carbocycles. The molecule has 152 valence electrons. The highest BCUT2D eigenvalue weighted by Crippen LogP contribution is 2.34. The van der Waals surface area contributed by atoms with Gasteiger partial charge in [-0.05, 0) is 55.2 Å². The van der Waals surface area contributed by atoms with Crippen LogP contribution < -0.4 is 0 Å². The van der Waals surface area contributed by atoms with Crippen molar-refractivity contribution in [1.82, 2.24) is 0 Å². The van der Waals surface area contributed by atoms with E-state index in [9.17, 15) is 35.1 Å². The Bertz CT molecular complexity index is 834. The molecule has 0 saturated carbocycles. The molecular formula is C20H16F8. The number of halogens is 8. The third-order valence-electron chi connectivity index (χ3n) is 4.08. The summed E-state index contributed by atoms with van der Waals surface area (Å²) in [7, 11) is 0. The topological polar surface area (TPSA) is 0 Å². The van der Waals surface area contributed by atoms with Gasteiger partial charge in [0.2, 0.25) is 0 Å². The second-order valence-electron chi connectivity index (χ2n) is 6.19. The number of alkyl halides is 3. The van der Waals surface area contributed by atoms with E-state index in [1.54, 1.807) is 6.92 Å². The van der Waals surface area contributed by atoms with Crippen molar-refractivity contribution < 1.29 is 35.1 Å². The van der Waals surface area contributed by atoms with Gasteiger partial charge in [-0.25, -0.2) is 22.0 Å². The Morgan fingerprint density at radius 1 is 0.857 bits per heavy atom.